The molecule has 1 aromatic heterocycles. The Bertz CT molecular complexity index is 3100. The quantitative estimate of drug-likeness (QED) is 0.0763. The molecule has 6 aliphatic rings. The van der Waals surface area contributed by atoms with Crippen molar-refractivity contribution < 1.29 is 42.8 Å². The molecule has 4 saturated heterocycles. The third-order valence-electron chi connectivity index (χ3n) is 17.5. The first kappa shape index (κ1) is 52.5. The summed E-state index contributed by atoms with van der Waals surface area (Å²) in [5.74, 6) is 4.11. The van der Waals surface area contributed by atoms with Crippen molar-refractivity contribution in [2.24, 2.45) is 16.7 Å². The third-order valence-corrected chi connectivity index (χ3v) is 17.5. The second-order valence-electron chi connectivity index (χ2n) is 23.0. The Labute approximate surface area is 450 Å². The molecule has 4 amide bonds. The fourth-order valence-electron chi connectivity index (χ4n) is 12.9. The van der Waals surface area contributed by atoms with Crippen molar-refractivity contribution in [1.82, 2.24) is 30.0 Å². The number of piperidine rings is 2. The molecule has 5 aromatic rings. The molecule has 16 nitrogen and oxygen atoms in total. The number of aliphatic hydroxyl groups is 1. The van der Waals surface area contributed by atoms with Gasteiger partial charge in [0.2, 0.25) is 5.91 Å². The number of ether oxygens (including phenoxy) is 4. The number of β-amino-alcohol motifs (C(OH)–C–C–N with tert-alkyl or cyclic N) is 1. The van der Waals surface area contributed by atoms with Gasteiger partial charge in [0.15, 0.2) is 12.6 Å². The number of aromatic nitrogens is 2. The number of carbonyl (C=O) groups is 3. The Morgan fingerprint density at radius 3 is 2.36 bits per heavy atom. The van der Waals surface area contributed by atoms with Crippen LogP contribution < -0.4 is 29.3 Å². The fraction of sp³-hybridized carbons (Fsp3) is 0.517. The minimum Gasteiger partial charge on any atom is -0.495 e. The predicted octanol–water partition coefficient (Wildman–Crippen LogP) is 8.25. The number of piperazine rings is 1. The van der Waals surface area contributed by atoms with Crippen molar-refractivity contribution in [3.8, 4) is 41.0 Å². The summed E-state index contributed by atoms with van der Waals surface area (Å²) in [6.45, 7) is 11.0. The van der Waals surface area contributed by atoms with Gasteiger partial charge in [0.05, 0.1) is 25.0 Å². The van der Waals surface area contributed by atoms with Crippen LogP contribution in [0.5, 0.6) is 17.5 Å². The van der Waals surface area contributed by atoms with Crippen molar-refractivity contribution >= 4 is 51.0 Å². The van der Waals surface area contributed by atoms with E-state index in [1.54, 1.807) is 37.4 Å². The molecule has 2 N–H and O–H groups in total. The average molecular weight is 1050 g/mol. The molecule has 0 unspecified atom stereocenters. The Balaban J connectivity index is 0.701. The normalized spacial score (nSPS) is 22.1. The topological polar surface area (TPSA) is 162 Å². The molecule has 6 fully saturated rings. The van der Waals surface area contributed by atoms with E-state index in [-0.39, 0.29) is 53.9 Å². The van der Waals surface area contributed by atoms with Crippen LogP contribution in [0.3, 0.4) is 0 Å². The van der Waals surface area contributed by atoms with Crippen LogP contribution in [0, 0.1) is 34.9 Å². The van der Waals surface area contributed by atoms with Crippen LogP contribution in [0.25, 0.3) is 32.8 Å². The molecule has 17 heteroatoms. The first-order chi connectivity index (χ1) is 37.2. The van der Waals surface area contributed by atoms with Gasteiger partial charge in [-0.2, -0.15) is 9.97 Å². The largest absolute Gasteiger partial charge is 0.495 e. The lowest BCUT2D eigenvalue weighted by molar-refractivity contribution is -0.120. The minimum atomic E-state index is -0.928. The van der Waals surface area contributed by atoms with E-state index >= 15 is 4.39 Å². The summed E-state index contributed by atoms with van der Waals surface area (Å²) in [5, 5.41) is 15.6. The van der Waals surface area contributed by atoms with E-state index in [0.717, 1.165) is 82.1 Å². The van der Waals surface area contributed by atoms with Crippen LogP contribution in [-0.2, 0) is 9.53 Å². The maximum Gasteiger partial charge on any atom is 0.328 e. The Kier molecular flexibility index (Phi) is 14.8. The highest BCUT2D eigenvalue weighted by Gasteiger charge is 2.46. The van der Waals surface area contributed by atoms with Crippen LogP contribution in [0.15, 0.2) is 60.7 Å². The van der Waals surface area contributed by atoms with Gasteiger partial charge >= 0.3 is 12.0 Å². The number of likely N-dealkylation sites (tertiary alicyclic amines) is 1. The summed E-state index contributed by atoms with van der Waals surface area (Å²) in [6, 6.07) is 17.8. The van der Waals surface area contributed by atoms with Crippen LogP contribution in [0.2, 0.25) is 0 Å². The zero-order valence-electron chi connectivity index (χ0n) is 44.7. The minimum absolute atomic E-state index is 0.0271. The molecule has 1 spiro atoms. The number of fused-ring (bicyclic) bond motifs is 2. The van der Waals surface area contributed by atoms with E-state index in [4.69, 9.17) is 35.3 Å². The highest BCUT2D eigenvalue weighted by molar-refractivity contribution is 6.07. The molecule has 0 radical (unpaired) electrons. The van der Waals surface area contributed by atoms with Gasteiger partial charge in [-0.05, 0) is 136 Å². The Morgan fingerprint density at radius 1 is 0.870 bits per heavy atom. The number of imide groups is 1. The van der Waals surface area contributed by atoms with Gasteiger partial charge in [0.25, 0.3) is 5.91 Å². The lowest BCUT2D eigenvalue weighted by atomic mass is 9.65. The van der Waals surface area contributed by atoms with E-state index in [1.807, 2.05) is 47.1 Å². The highest BCUT2D eigenvalue weighted by atomic mass is 19.1. The van der Waals surface area contributed by atoms with Crippen molar-refractivity contribution in [1.29, 1.82) is 0 Å². The molecule has 2 saturated carbocycles. The molecule has 406 valence electrons. The number of nitrogens with one attached hydrogen (secondary N) is 1. The lowest BCUT2D eigenvalue weighted by Gasteiger charge is -2.47. The number of halogens is 1. The maximum atomic E-state index is 17.4. The molecule has 0 bridgehead atoms. The van der Waals surface area contributed by atoms with Gasteiger partial charge < -0.3 is 43.7 Å². The summed E-state index contributed by atoms with van der Waals surface area (Å²) in [4.78, 5) is 58.7. The second-order valence-corrected chi connectivity index (χ2v) is 23.0. The summed E-state index contributed by atoms with van der Waals surface area (Å²) in [5.41, 5.74) is 1.98. The van der Waals surface area contributed by atoms with Gasteiger partial charge in [0, 0.05) is 118 Å². The fourth-order valence-corrected chi connectivity index (χ4v) is 12.9. The van der Waals surface area contributed by atoms with E-state index in [1.165, 1.54) is 37.7 Å². The van der Waals surface area contributed by atoms with Crippen molar-refractivity contribution in [3.05, 3.63) is 77.6 Å². The number of carbonyl (C=O) groups excluding carboxylic acids is 3. The van der Waals surface area contributed by atoms with Gasteiger partial charge in [-0.3, -0.25) is 19.8 Å². The molecule has 11 rings (SSSR count). The van der Waals surface area contributed by atoms with Gasteiger partial charge in [-0.1, -0.05) is 24.1 Å². The summed E-state index contributed by atoms with van der Waals surface area (Å²) >= 11 is 0. The number of benzene rings is 4. The number of anilines is 2. The van der Waals surface area contributed by atoms with E-state index in [9.17, 15) is 19.5 Å². The summed E-state index contributed by atoms with van der Waals surface area (Å²) < 4.78 is 40.6. The molecule has 2 aliphatic carbocycles. The molecule has 5 heterocycles. The molecule has 4 aliphatic heterocycles. The van der Waals surface area contributed by atoms with E-state index in [2.05, 4.69) is 21.0 Å². The standard InChI is InChI=1S/C60H71FN8O8/c1-5-41-8-6-9-42-32-44(77-39-74-3)34-47(51(41)42)45-11-12-46-53(52(45)61)63-56(64-54(46)68-24-7-17-58(2,73)36-68)76-38-60(20-21-60)37-66-30-28-65(29-31-66)35-40-14-18-59(19-15-40)22-26-67(27-23-59)55(71)43-10-13-49(75-4)48(33-43)69-25-16-50(70)62-57(69)72/h1,6,8-13,32-34,40,73H,7,14-31,35-39H2,2-4H3,(H,62,70,72)/t58-/m1/s1. The summed E-state index contributed by atoms with van der Waals surface area (Å²) in [6.07, 6.45) is 16.5. The predicted molar refractivity (Wildman–Crippen MR) is 293 cm³/mol. The third kappa shape index (κ3) is 11.1. The Hall–Kier alpha value is -6.58. The number of hydrogen-bond donors (Lipinski definition) is 2. The van der Waals surface area contributed by atoms with Crippen molar-refractivity contribution in [2.75, 3.05) is 109 Å². The molecular formula is C60H71FN8O8. The number of nitrogens with zero attached hydrogens (tertiary/aromatic N) is 7. The van der Waals surface area contributed by atoms with Gasteiger partial charge in [-0.25, -0.2) is 9.18 Å². The van der Waals surface area contributed by atoms with E-state index < -0.39 is 17.4 Å². The first-order valence-electron chi connectivity index (χ1n) is 27.5. The van der Waals surface area contributed by atoms with Crippen LogP contribution in [0.4, 0.5) is 20.7 Å². The van der Waals surface area contributed by atoms with Gasteiger partial charge in [-0.15, -0.1) is 6.42 Å². The number of methoxy groups -OCH3 is 2. The number of amides is 4. The zero-order chi connectivity index (χ0) is 53.5. The number of hydrogen-bond acceptors (Lipinski definition) is 13. The van der Waals surface area contributed by atoms with Crippen LogP contribution >= 0.6 is 0 Å². The first-order valence-corrected chi connectivity index (χ1v) is 27.5. The van der Waals surface area contributed by atoms with E-state index in [0.29, 0.717) is 95.8 Å². The average Bonchev–Trinajstić information content (AvgIpc) is 4.23. The molecule has 1 atom stereocenters. The smallest absolute Gasteiger partial charge is 0.328 e. The lowest BCUT2D eigenvalue weighted by Crippen LogP contribution is -2.50. The maximum absolute atomic E-state index is 17.4. The molecule has 77 heavy (non-hydrogen) atoms. The van der Waals surface area contributed by atoms with Crippen LogP contribution in [0.1, 0.15) is 93.5 Å². The zero-order valence-corrected chi connectivity index (χ0v) is 44.7. The second kappa shape index (κ2) is 21.7. The summed E-state index contributed by atoms with van der Waals surface area (Å²) in [7, 11) is 3.08. The van der Waals surface area contributed by atoms with Crippen molar-refractivity contribution in [2.45, 2.75) is 83.2 Å². The SMILES string of the molecule is C#Cc1cccc2cc(OCOC)cc(-c3ccc4c(N5CCC[C@@](C)(O)C5)nc(OCC5(CN6CCN(CC7CCC8(CC7)CCN(C(=O)c7ccc(OC)c(N9CCC(=O)NC9=O)c7)CC8)CC6)CC5)nc4c3F)c12. The molecular weight excluding hydrogens is 980 g/mol. The van der Waals surface area contributed by atoms with Gasteiger partial charge in [0.1, 0.15) is 22.8 Å². The van der Waals surface area contributed by atoms with Crippen molar-refractivity contribution in [3.63, 3.8) is 0 Å². The monoisotopic (exact) mass is 1050 g/mol. The number of terminal acetylenes is 1. The van der Waals surface area contributed by atoms with Crippen LogP contribution in [-0.4, -0.2) is 153 Å². The molecule has 4 aromatic carbocycles. The highest BCUT2D eigenvalue weighted by Crippen LogP contribution is 2.49. The Morgan fingerprint density at radius 2 is 1.65 bits per heavy atom. The number of urea groups is 1. The number of rotatable bonds is 15.